The van der Waals surface area contributed by atoms with Gasteiger partial charge >= 0.3 is 12.1 Å². The molecule has 0 fully saturated rings. The molecule has 172 valence electrons. The van der Waals surface area contributed by atoms with Gasteiger partial charge in [-0.15, -0.1) is 0 Å². The summed E-state index contributed by atoms with van der Waals surface area (Å²) in [4.78, 5) is 36.1. The lowest BCUT2D eigenvalue weighted by molar-refractivity contribution is -0.385. The lowest BCUT2D eigenvalue weighted by atomic mass is 10.1. The predicted molar refractivity (Wildman–Crippen MR) is 103 cm³/mol. The van der Waals surface area contributed by atoms with Crippen LogP contribution in [-0.4, -0.2) is 41.4 Å². The second-order valence-electron chi connectivity index (χ2n) is 6.53. The topological polar surface area (TPSA) is 99.0 Å². The van der Waals surface area contributed by atoms with E-state index < -0.39 is 57.4 Å². The molecule has 12 heteroatoms. The van der Waals surface area contributed by atoms with Gasteiger partial charge in [-0.2, -0.15) is 13.2 Å². The number of amides is 1. The van der Waals surface area contributed by atoms with Crippen LogP contribution in [0.2, 0.25) is 0 Å². The van der Waals surface area contributed by atoms with E-state index in [2.05, 4.69) is 0 Å². The van der Waals surface area contributed by atoms with E-state index in [0.29, 0.717) is 6.07 Å². The number of carbonyl (C=O) groups excluding carboxylic acids is 2. The van der Waals surface area contributed by atoms with Gasteiger partial charge in [-0.1, -0.05) is 0 Å². The summed E-state index contributed by atoms with van der Waals surface area (Å²) in [5.41, 5.74) is -2.31. The van der Waals surface area contributed by atoms with Crippen LogP contribution in [-0.2, 0) is 15.7 Å². The van der Waals surface area contributed by atoms with Gasteiger partial charge in [0.25, 0.3) is 11.6 Å². The molecule has 0 heterocycles. The van der Waals surface area contributed by atoms with Crippen LogP contribution in [0.1, 0.15) is 29.8 Å². The summed E-state index contributed by atoms with van der Waals surface area (Å²) in [6, 6.07) is 3.43. The third-order valence-corrected chi connectivity index (χ3v) is 4.41. The Morgan fingerprint density at radius 1 is 1.19 bits per heavy atom. The minimum Gasteiger partial charge on any atom is -0.464 e. The molecule has 2 rings (SSSR count). The molecule has 0 bridgehead atoms. The lowest BCUT2D eigenvalue weighted by Crippen LogP contribution is -2.41. The monoisotopic (exact) mass is 458 g/mol. The van der Waals surface area contributed by atoms with Gasteiger partial charge < -0.3 is 14.4 Å². The lowest BCUT2D eigenvalue weighted by Gasteiger charge is -2.23. The van der Waals surface area contributed by atoms with Crippen molar-refractivity contribution in [2.75, 3.05) is 13.7 Å². The Balaban J connectivity index is 2.39. The Morgan fingerprint density at radius 2 is 1.84 bits per heavy atom. The number of nitro groups is 1. The van der Waals surface area contributed by atoms with Crippen molar-refractivity contribution in [1.29, 1.82) is 0 Å². The third-order valence-electron chi connectivity index (χ3n) is 4.41. The minimum absolute atomic E-state index is 0.0629. The number of rotatable bonds is 7. The highest BCUT2D eigenvalue weighted by Gasteiger charge is 2.32. The normalized spacial score (nSPS) is 12.1. The average molecular weight is 458 g/mol. The SMILES string of the molecule is CCOC(=O)C(C)N(C)C(=O)c1cc(Oc2ccc(C(F)(F)F)cc2F)ccc1[N+](=O)[O-]. The van der Waals surface area contributed by atoms with E-state index in [1.165, 1.54) is 14.0 Å². The van der Waals surface area contributed by atoms with E-state index in [1.54, 1.807) is 6.92 Å². The second-order valence-corrected chi connectivity index (χ2v) is 6.53. The van der Waals surface area contributed by atoms with Gasteiger partial charge in [-0.25, -0.2) is 9.18 Å². The van der Waals surface area contributed by atoms with Crippen LogP contribution < -0.4 is 4.74 Å². The van der Waals surface area contributed by atoms with Gasteiger partial charge in [0.15, 0.2) is 11.6 Å². The number of carbonyl (C=O) groups is 2. The number of halogens is 4. The van der Waals surface area contributed by atoms with Crippen LogP contribution in [0, 0.1) is 15.9 Å². The van der Waals surface area contributed by atoms with Crippen LogP contribution in [0.3, 0.4) is 0 Å². The Hall–Kier alpha value is -3.70. The van der Waals surface area contributed by atoms with Crippen molar-refractivity contribution >= 4 is 17.6 Å². The fraction of sp³-hybridized carbons (Fsp3) is 0.300. The van der Waals surface area contributed by atoms with Gasteiger partial charge in [-0.05, 0) is 38.1 Å². The van der Waals surface area contributed by atoms with Gasteiger partial charge in [0.05, 0.1) is 17.1 Å². The maximum absolute atomic E-state index is 14.1. The molecule has 2 aromatic carbocycles. The fourth-order valence-electron chi connectivity index (χ4n) is 2.58. The number of alkyl halides is 3. The zero-order chi connectivity index (χ0) is 24.2. The molecular weight excluding hydrogens is 440 g/mol. The van der Waals surface area contributed by atoms with Crippen molar-refractivity contribution in [2.24, 2.45) is 0 Å². The summed E-state index contributed by atoms with van der Waals surface area (Å²) < 4.78 is 62.2. The molecule has 0 saturated carbocycles. The molecule has 1 unspecified atom stereocenters. The molecule has 0 aromatic heterocycles. The number of hydrogen-bond donors (Lipinski definition) is 0. The summed E-state index contributed by atoms with van der Waals surface area (Å²) in [6.45, 7) is 2.99. The summed E-state index contributed by atoms with van der Waals surface area (Å²) in [6.07, 6.45) is -4.76. The van der Waals surface area contributed by atoms with Gasteiger partial charge in [0.2, 0.25) is 0 Å². The van der Waals surface area contributed by atoms with Crippen molar-refractivity contribution in [3.8, 4) is 11.5 Å². The number of nitro benzene ring substituents is 1. The zero-order valence-corrected chi connectivity index (χ0v) is 17.1. The highest BCUT2D eigenvalue weighted by Crippen LogP contribution is 2.34. The van der Waals surface area contributed by atoms with Crippen LogP contribution >= 0.6 is 0 Å². The number of ether oxygens (including phenoxy) is 2. The molecule has 2 aromatic rings. The quantitative estimate of drug-likeness (QED) is 0.261. The maximum Gasteiger partial charge on any atom is 0.416 e. The molecule has 1 amide bonds. The van der Waals surface area contributed by atoms with Crippen LogP contribution in [0.5, 0.6) is 11.5 Å². The molecule has 32 heavy (non-hydrogen) atoms. The largest absolute Gasteiger partial charge is 0.464 e. The van der Waals surface area contributed by atoms with Gasteiger partial charge in [-0.3, -0.25) is 14.9 Å². The van der Waals surface area contributed by atoms with Crippen molar-refractivity contribution in [2.45, 2.75) is 26.1 Å². The first-order chi connectivity index (χ1) is 14.9. The number of benzene rings is 2. The molecule has 0 spiro atoms. The van der Waals surface area contributed by atoms with Crippen molar-refractivity contribution in [3.05, 3.63) is 63.5 Å². The summed E-state index contributed by atoms with van der Waals surface area (Å²) in [7, 11) is 1.23. The standard InChI is InChI=1S/C20H18F4N2O6/c1-4-31-19(28)11(2)25(3)18(27)14-10-13(6-7-16(14)26(29)30)32-17-8-5-12(9-15(17)21)20(22,23)24/h5-11H,4H2,1-3H3. The average Bonchev–Trinajstić information content (AvgIpc) is 2.72. The van der Waals surface area contributed by atoms with E-state index in [0.717, 1.165) is 29.2 Å². The van der Waals surface area contributed by atoms with Crippen molar-refractivity contribution in [3.63, 3.8) is 0 Å². The van der Waals surface area contributed by atoms with E-state index in [-0.39, 0.29) is 18.4 Å². The molecule has 0 N–H and O–H groups in total. The Labute approximate surface area is 179 Å². The first-order valence-corrected chi connectivity index (χ1v) is 9.13. The smallest absolute Gasteiger partial charge is 0.416 e. The zero-order valence-electron chi connectivity index (χ0n) is 17.1. The van der Waals surface area contributed by atoms with E-state index >= 15 is 0 Å². The number of likely N-dealkylation sites (N-methyl/N-ethyl adjacent to an activating group) is 1. The molecule has 1 atom stereocenters. The van der Waals surface area contributed by atoms with Crippen molar-refractivity contribution in [1.82, 2.24) is 4.90 Å². The predicted octanol–water partition coefficient (Wildman–Crippen LogP) is 4.57. The van der Waals surface area contributed by atoms with Crippen LogP contribution in [0.15, 0.2) is 36.4 Å². The van der Waals surface area contributed by atoms with Crippen molar-refractivity contribution < 1.29 is 41.5 Å². The second kappa shape index (κ2) is 9.62. The van der Waals surface area contributed by atoms with E-state index in [4.69, 9.17) is 9.47 Å². The third kappa shape index (κ3) is 5.50. The summed E-state index contributed by atoms with van der Waals surface area (Å²) >= 11 is 0. The summed E-state index contributed by atoms with van der Waals surface area (Å²) in [5, 5.41) is 11.3. The van der Waals surface area contributed by atoms with Gasteiger partial charge in [0.1, 0.15) is 17.4 Å². The van der Waals surface area contributed by atoms with E-state index in [1.807, 2.05) is 0 Å². The Morgan fingerprint density at radius 3 is 2.38 bits per heavy atom. The number of hydrogen-bond acceptors (Lipinski definition) is 6. The fourth-order valence-corrected chi connectivity index (χ4v) is 2.58. The molecule has 0 saturated heterocycles. The molecule has 0 aliphatic heterocycles. The molecule has 0 aliphatic carbocycles. The minimum atomic E-state index is -4.76. The highest BCUT2D eigenvalue weighted by atomic mass is 19.4. The first-order valence-electron chi connectivity index (χ1n) is 9.13. The maximum atomic E-state index is 14.1. The molecule has 0 aliphatic rings. The van der Waals surface area contributed by atoms with E-state index in [9.17, 15) is 37.3 Å². The van der Waals surface area contributed by atoms with Crippen LogP contribution in [0.25, 0.3) is 0 Å². The Bertz CT molecular complexity index is 1040. The molecule has 0 radical (unpaired) electrons. The summed E-state index contributed by atoms with van der Waals surface area (Å²) in [5.74, 6) is -3.80. The number of esters is 1. The molecule has 8 nitrogen and oxygen atoms in total. The number of nitrogens with zero attached hydrogens (tertiary/aromatic N) is 2. The first kappa shape index (κ1) is 24.6. The Kier molecular flexibility index (Phi) is 7.39. The van der Waals surface area contributed by atoms with Gasteiger partial charge in [0, 0.05) is 19.2 Å². The highest BCUT2D eigenvalue weighted by molar-refractivity contribution is 6.00. The van der Waals surface area contributed by atoms with Crippen LogP contribution in [0.4, 0.5) is 23.2 Å². The molecular formula is C20H18F4N2O6.